The van der Waals surface area contributed by atoms with Gasteiger partial charge in [-0.15, -0.1) is 0 Å². The highest BCUT2D eigenvalue weighted by Gasteiger charge is 2.28. The Hall–Kier alpha value is -0.450. The van der Waals surface area contributed by atoms with Gasteiger partial charge in [-0.05, 0) is 40.9 Å². The van der Waals surface area contributed by atoms with Crippen molar-refractivity contribution in [3.8, 4) is 0 Å². The fourth-order valence-electron chi connectivity index (χ4n) is 1.37. The number of rotatable bonds is 4. The molecule has 2 unspecified atom stereocenters. The highest BCUT2D eigenvalue weighted by atomic mass is 79.9. The van der Waals surface area contributed by atoms with Crippen molar-refractivity contribution in [3.63, 3.8) is 0 Å². The highest BCUT2D eigenvalue weighted by Crippen LogP contribution is 2.25. The van der Waals surface area contributed by atoms with Crippen LogP contribution in [0.3, 0.4) is 0 Å². The minimum absolute atomic E-state index is 0.221. The minimum Gasteiger partial charge on any atom is -0.390 e. The van der Waals surface area contributed by atoms with Gasteiger partial charge < -0.3 is 10.2 Å². The van der Waals surface area contributed by atoms with Gasteiger partial charge in [0.1, 0.15) is 5.82 Å². The van der Waals surface area contributed by atoms with Gasteiger partial charge in [0.15, 0.2) is 0 Å². The van der Waals surface area contributed by atoms with Crippen molar-refractivity contribution in [1.82, 2.24) is 0 Å². The molecule has 1 aromatic carbocycles. The van der Waals surface area contributed by atoms with Crippen LogP contribution in [-0.2, 0) is 6.42 Å². The lowest BCUT2D eigenvalue weighted by Gasteiger charge is -2.28. The van der Waals surface area contributed by atoms with Gasteiger partial charge in [0, 0.05) is 6.42 Å². The Morgan fingerprint density at radius 1 is 1.50 bits per heavy atom. The van der Waals surface area contributed by atoms with Gasteiger partial charge in [0.2, 0.25) is 0 Å². The number of halogens is 2. The van der Waals surface area contributed by atoms with E-state index < -0.39 is 11.7 Å². The summed E-state index contributed by atoms with van der Waals surface area (Å²) in [4.78, 5) is 0. The quantitative estimate of drug-likeness (QED) is 0.895. The molecule has 2 N–H and O–H groups in total. The molecule has 2 nitrogen and oxygen atoms in total. The SMILES string of the molecule is CCC(C)(O)C(O)Cc1cccc(F)c1Br. The molecule has 0 aliphatic carbocycles. The Morgan fingerprint density at radius 3 is 2.69 bits per heavy atom. The fraction of sp³-hybridized carbons (Fsp3) is 0.500. The zero-order chi connectivity index (χ0) is 12.3. The first-order valence-corrected chi connectivity index (χ1v) is 6.01. The van der Waals surface area contributed by atoms with Crippen LogP contribution < -0.4 is 0 Å². The second-order valence-electron chi connectivity index (χ2n) is 4.14. The molecule has 90 valence electrons. The predicted molar refractivity (Wildman–Crippen MR) is 64.7 cm³/mol. The third kappa shape index (κ3) is 3.03. The summed E-state index contributed by atoms with van der Waals surface area (Å²) in [5.74, 6) is -0.360. The van der Waals surface area contributed by atoms with Crippen molar-refractivity contribution in [2.75, 3.05) is 0 Å². The van der Waals surface area contributed by atoms with Crippen LogP contribution in [0, 0.1) is 5.82 Å². The molecule has 1 aromatic rings. The highest BCUT2D eigenvalue weighted by molar-refractivity contribution is 9.10. The lowest BCUT2D eigenvalue weighted by Crippen LogP contribution is -2.40. The molecule has 0 aliphatic rings. The van der Waals surface area contributed by atoms with E-state index in [1.54, 1.807) is 26.0 Å². The Labute approximate surface area is 103 Å². The molecule has 0 aliphatic heterocycles. The zero-order valence-electron chi connectivity index (χ0n) is 9.37. The van der Waals surface area contributed by atoms with Gasteiger partial charge >= 0.3 is 0 Å². The molecule has 0 spiro atoms. The van der Waals surface area contributed by atoms with Crippen molar-refractivity contribution in [2.24, 2.45) is 0 Å². The van der Waals surface area contributed by atoms with Crippen molar-refractivity contribution < 1.29 is 14.6 Å². The zero-order valence-corrected chi connectivity index (χ0v) is 11.0. The maximum atomic E-state index is 13.2. The van der Waals surface area contributed by atoms with Crippen LogP contribution >= 0.6 is 15.9 Å². The summed E-state index contributed by atoms with van der Waals surface area (Å²) in [6, 6.07) is 4.66. The van der Waals surface area contributed by atoms with Crippen LogP contribution in [-0.4, -0.2) is 21.9 Å². The largest absolute Gasteiger partial charge is 0.390 e. The van der Waals surface area contributed by atoms with Crippen molar-refractivity contribution in [2.45, 2.75) is 38.4 Å². The fourth-order valence-corrected chi connectivity index (χ4v) is 1.80. The van der Waals surface area contributed by atoms with Gasteiger partial charge in [-0.25, -0.2) is 4.39 Å². The van der Waals surface area contributed by atoms with E-state index in [1.165, 1.54) is 6.07 Å². The summed E-state index contributed by atoms with van der Waals surface area (Å²) in [5.41, 5.74) is -0.493. The number of benzene rings is 1. The maximum absolute atomic E-state index is 13.2. The minimum atomic E-state index is -1.15. The summed E-state index contributed by atoms with van der Waals surface area (Å²) >= 11 is 3.13. The normalized spacial score (nSPS) is 16.9. The lowest BCUT2D eigenvalue weighted by atomic mass is 9.91. The molecular weight excluding hydrogens is 275 g/mol. The summed E-state index contributed by atoms with van der Waals surface area (Å²) < 4.78 is 13.6. The molecule has 4 heteroatoms. The Kier molecular flexibility index (Phi) is 4.47. The standard InChI is InChI=1S/C12H16BrFO2/c1-3-12(2,16)10(15)7-8-5-4-6-9(14)11(8)13/h4-6,10,15-16H,3,7H2,1-2H3. The van der Waals surface area contributed by atoms with E-state index >= 15 is 0 Å². The van der Waals surface area contributed by atoms with Gasteiger partial charge in [-0.3, -0.25) is 0 Å². The molecule has 0 fully saturated rings. The summed E-state index contributed by atoms with van der Waals surface area (Å²) in [6.45, 7) is 3.37. The van der Waals surface area contributed by atoms with E-state index in [-0.39, 0.29) is 12.2 Å². The third-order valence-corrected chi connectivity index (χ3v) is 3.77. The molecule has 0 saturated carbocycles. The second kappa shape index (κ2) is 5.25. The first-order chi connectivity index (χ1) is 7.38. The van der Waals surface area contributed by atoms with Crippen LogP contribution in [0.2, 0.25) is 0 Å². The third-order valence-electron chi connectivity index (χ3n) is 2.88. The summed E-state index contributed by atoms with van der Waals surface area (Å²) in [5, 5.41) is 19.7. The van der Waals surface area contributed by atoms with Crippen LogP contribution in [0.4, 0.5) is 4.39 Å². The molecule has 0 amide bonds. The van der Waals surface area contributed by atoms with Crippen LogP contribution in [0.5, 0.6) is 0 Å². The average molecular weight is 291 g/mol. The Morgan fingerprint density at radius 2 is 2.12 bits per heavy atom. The molecular formula is C12H16BrFO2. The summed E-state index contributed by atoms with van der Waals surface area (Å²) in [6.07, 6.45) is -0.240. The van der Waals surface area contributed by atoms with Gasteiger partial charge in [0.25, 0.3) is 0 Å². The number of hydrogen-bond acceptors (Lipinski definition) is 2. The number of aliphatic hydroxyl groups is 2. The van der Waals surface area contributed by atoms with Crippen LogP contribution in [0.1, 0.15) is 25.8 Å². The maximum Gasteiger partial charge on any atom is 0.137 e. The first-order valence-electron chi connectivity index (χ1n) is 5.21. The molecule has 0 aromatic heterocycles. The van der Waals surface area contributed by atoms with E-state index in [2.05, 4.69) is 15.9 Å². The van der Waals surface area contributed by atoms with Gasteiger partial charge in [-0.1, -0.05) is 19.1 Å². The van der Waals surface area contributed by atoms with Crippen LogP contribution in [0.15, 0.2) is 22.7 Å². The molecule has 0 bridgehead atoms. The topological polar surface area (TPSA) is 40.5 Å². The van der Waals surface area contributed by atoms with Crippen LogP contribution in [0.25, 0.3) is 0 Å². The Balaban J connectivity index is 2.85. The molecule has 2 atom stereocenters. The van der Waals surface area contributed by atoms with Crippen molar-refractivity contribution >= 4 is 15.9 Å². The number of aliphatic hydroxyl groups excluding tert-OH is 1. The van der Waals surface area contributed by atoms with E-state index in [0.717, 1.165) is 0 Å². The van der Waals surface area contributed by atoms with Crippen molar-refractivity contribution in [3.05, 3.63) is 34.1 Å². The Bertz CT molecular complexity index is 366. The first kappa shape index (κ1) is 13.6. The lowest BCUT2D eigenvalue weighted by molar-refractivity contribution is -0.0630. The van der Waals surface area contributed by atoms with Gasteiger partial charge in [-0.2, -0.15) is 0 Å². The molecule has 0 saturated heterocycles. The molecule has 0 radical (unpaired) electrons. The van der Waals surface area contributed by atoms with E-state index in [1.807, 2.05) is 0 Å². The average Bonchev–Trinajstić information content (AvgIpc) is 2.24. The number of hydrogen-bond donors (Lipinski definition) is 2. The van der Waals surface area contributed by atoms with Gasteiger partial charge in [0.05, 0.1) is 16.2 Å². The molecule has 1 rings (SSSR count). The second-order valence-corrected chi connectivity index (χ2v) is 4.94. The van der Waals surface area contributed by atoms with E-state index in [4.69, 9.17) is 0 Å². The monoisotopic (exact) mass is 290 g/mol. The smallest absolute Gasteiger partial charge is 0.137 e. The molecule has 0 heterocycles. The van der Waals surface area contributed by atoms with E-state index in [9.17, 15) is 14.6 Å². The van der Waals surface area contributed by atoms with Crippen molar-refractivity contribution in [1.29, 1.82) is 0 Å². The predicted octanol–water partition coefficient (Wildman–Crippen LogP) is 2.65. The van der Waals surface area contributed by atoms with E-state index in [0.29, 0.717) is 16.5 Å². The summed E-state index contributed by atoms with van der Waals surface area (Å²) in [7, 11) is 0. The molecule has 16 heavy (non-hydrogen) atoms.